The minimum absolute atomic E-state index is 0.0211. The molecule has 1 aliphatic heterocycles. The van der Waals surface area contributed by atoms with Crippen molar-refractivity contribution in [2.75, 3.05) is 27.2 Å². The predicted octanol–water partition coefficient (Wildman–Crippen LogP) is 2.01. The maximum atomic E-state index is 12.1. The molecule has 1 aliphatic carbocycles. The lowest BCUT2D eigenvalue weighted by atomic mass is 9.73. The zero-order chi connectivity index (χ0) is 16.6. The fourth-order valence-corrected chi connectivity index (χ4v) is 3.76. The van der Waals surface area contributed by atoms with Gasteiger partial charge in [-0.25, -0.2) is 0 Å². The third kappa shape index (κ3) is 3.57. The number of carbonyl (C=O) groups excluding carboxylic acids is 1. The third-order valence-electron chi connectivity index (χ3n) is 5.46. The maximum absolute atomic E-state index is 12.1. The maximum Gasteiger partial charge on any atom is 0.291 e. The Kier molecular flexibility index (Phi) is 4.45. The Hall–Kier alpha value is -1.43. The lowest BCUT2D eigenvalue weighted by Crippen LogP contribution is -2.38. The molecule has 128 valence electrons. The summed E-state index contributed by atoms with van der Waals surface area (Å²) in [6.45, 7) is 8.16. The Balaban J connectivity index is 1.58. The van der Waals surface area contributed by atoms with Gasteiger partial charge in [-0.05, 0) is 44.1 Å². The van der Waals surface area contributed by atoms with Gasteiger partial charge in [0.1, 0.15) is 5.82 Å². The third-order valence-corrected chi connectivity index (χ3v) is 5.46. The van der Waals surface area contributed by atoms with Gasteiger partial charge in [0.2, 0.25) is 5.82 Å². The first-order valence-corrected chi connectivity index (χ1v) is 8.72. The fraction of sp³-hybridized carbons (Fsp3) is 0.824. The first-order valence-electron chi connectivity index (χ1n) is 8.72. The first-order chi connectivity index (χ1) is 10.9. The molecule has 0 radical (unpaired) electrons. The van der Waals surface area contributed by atoms with Gasteiger partial charge in [0.05, 0.1) is 6.54 Å². The lowest BCUT2D eigenvalue weighted by molar-refractivity contribution is 0.0738. The van der Waals surface area contributed by atoms with Crippen molar-refractivity contribution in [2.45, 2.75) is 52.6 Å². The molecule has 1 aromatic rings. The van der Waals surface area contributed by atoms with Crippen molar-refractivity contribution in [1.82, 2.24) is 24.6 Å². The van der Waals surface area contributed by atoms with Gasteiger partial charge < -0.3 is 9.47 Å². The molecule has 1 saturated carbocycles. The van der Waals surface area contributed by atoms with Crippen LogP contribution < -0.4 is 0 Å². The van der Waals surface area contributed by atoms with Gasteiger partial charge >= 0.3 is 0 Å². The zero-order valence-corrected chi connectivity index (χ0v) is 14.9. The molecule has 2 aliphatic rings. The molecule has 23 heavy (non-hydrogen) atoms. The quantitative estimate of drug-likeness (QED) is 0.852. The van der Waals surface area contributed by atoms with Crippen LogP contribution in [0.4, 0.5) is 0 Å². The summed E-state index contributed by atoms with van der Waals surface area (Å²) in [4.78, 5) is 16.1. The summed E-state index contributed by atoms with van der Waals surface area (Å²) in [5.41, 5.74) is 0.521. The van der Waals surface area contributed by atoms with Crippen molar-refractivity contribution in [3.05, 3.63) is 11.6 Å². The number of aromatic nitrogens is 3. The van der Waals surface area contributed by atoms with E-state index >= 15 is 0 Å². The molecular weight excluding hydrogens is 290 g/mol. The van der Waals surface area contributed by atoms with Gasteiger partial charge in [-0.2, -0.15) is 0 Å². The SMILES string of the molecule is CN(Cc1nnc2n1CCN(C)C2=O)CC1CCC(C)(C)CC1. The second-order valence-electron chi connectivity index (χ2n) is 8.12. The largest absolute Gasteiger partial charge is 0.337 e. The smallest absolute Gasteiger partial charge is 0.291 e. The molecule has 0 aromatic carbocycles. The monoisotopic (exact) mass is 319 g/mol. The Bertz CT molecular complexity index is 570. The highest BCUT2D eigenvalue weighted by Crippen LogP contribution is 2.38. The van der Waals surface area contributed by atoms with Crippen molar-refractivity contribution in [3.63, 3.8) is 0 Å². The average Bonchev–Trinajstić information content (AvgIpc) is 2.89. The van der Waals surface area contributed by atoms with Crippen LogP contribution in [-0.4, -0.2) is 57.7 Å². The highest BCUT2D eigenvalue weighted by Gasteiger charge is 2.29. The topological polar surface area (TPSA) is 54.3 Å². The van der Waals surface area contributed by atoms with E-state index in [1.54, 1.807) is 4.90 Å². The summed E-state index contributed by atoms with van der Waals surface area (Å²) in [7, 11) is 3.97. The second-order valence-corrected chi connectivity index (χ2v) is 8.12. The van der Waals surface area contributed by atoms with Crippen molar-refractivity contribution >= 4 is 5.91 Å². The molecule has 0 saturated heterocycles. The minimum atomic E-state index is -0.0211. The van der Waals surface area contributed by atoms with E-state index < -0.39 is 0 Å². The zero-order valence-electron chi connectivity index (χ0n) is 14.9. The van der Waals surface area contributed by atoms with Crippen molar-refractivity contribution in [2.24, 2.45) is 11.3 Å². The highest BCUT2D eigenvalue weighted by atomic mass is 16.2. The van der Waals surface area contributed by atoms with E-state index in [1.165, 1.54) is 25.7 Å². The van der Waals surface area contributed by atoms with Crippen LogP contribution in [0.5, 0.6) is 0 Å². The number of amides is 1. The van der Waals surface area contributed by atoms with Crippen LogP contribution in [-0.2, 0) is 13.1 Å². The summed E-state index contributed by atoms with van der Waals surface area (Å²) < 4.78 is 1.99. The van der Waals surface area contributed by atoms with Crippen molar-refractivity contribution < 1.29 is 4.79 Å². The van der Waals surface area contributed by atoms with Gasteiger partial charge in [-0.15, -0.1) is 10.2 Å². The van der Waals surface area contributed by atoms with E-state index in [9.17, 15) is 4.79 Å². The lowest BCUT2D eigenvalue weighted by Gasteiger charge is -2.36. The number of nitrogens with zero attached hydrogens (tertiary/aromatic N) is 5. The van der Waals surface area contributed by atoms with E-state index in [2.05, 4.69) is 36.0 Å². The van der Waals surface area contributed by atoms with Gasteiger partial charge in [0.25, 0.3) is 5.91 Å². The Morgan fingerprint density at radius 1 is 1.22 bits per heavy atom. The van der Waals surface area contributed by atoms with Crippen LogP contribution in [0.1, 0.15) is 56.0 Å². The standard InChI is InChI=1S/C17H29N5O/c1-17(2)7-5-13(6-8-17)11-20(3)12-14-18-19-15-16(23)21(4)9-10-22(14)15/h13H,5-12H2,1-4H3. The number of rotatable bonds is 4. The molecule has 2 heterocycles. The highest BCUT2D eigenvalue weighted by molar-refractivity contribution is 5.91. The molecule has 6 heteroatoms. The fourth-order valence-electron chi connectivity index (χ4n) is 3.76. The molecule has 6 nitrogen and oxygen atoms in total. The van der Waals surface area contributed by atoms with Crippen LogP contribution in [0.15, 0.2) is 0 Å². The average molecular weight is 319 g/mol. The molecule has 0 atom stereocenters. The van der Waals surface area contributed by atoms with Crippen LogP contribution >= 0.6 is 0 Å². The summed E-state index contributed by atoms with van der Waals surface area (Å²) in [6, 6.07) is 0. The van der Waals surface area contributed by atoms with E-state index in [0.29, 0.717) is 11.2 Å². The van der Waals surface area contributed by atoms with Gasteiger partial charge in [0.15, 0.2) is 0 Å². The van der Waals surface area contributed by atoms with Crippen LogP contribution in [0.2, 0.25) is 0 Å². The molecule has 0 N–H and O–H groups in total. The summed E-state index contributed by atoms with van der Waals surface area (Å²) in [6.07, 6.45) is 5.29. The summed E-state index contributed by atoms with van der Waals surface area (Å²) >= 11 is 0. The van der Waals surface area contributed by atoms with Gasteiger partial charge in [-0.1, -0.05) is 13.8 Å². The molecule has 1 aromatic heterocycles. The van der Waals surface area contributed by atoms with E-state index in [4.69, 9.17) is 0 Å². The van der Waals surface area contributed by atoms with Gasteiger partial charge in [0, 0.05) is 26.7 Å². The number of fused-ring (bicyclic) bond motifs is 1. The minimum Gasteiger partial charge on any atom is -0.337 e. The normalized spacial score (nSPS) is 21.8. The molecule has 0 spiro atoms. The Labute approximate surface area is 138 Å². The number of hydrogen-bond donors (Lipinski definition) is 0. The molecule has 3 rings (SSSR count). The Morgan fingerprint density at radius 3 is 2.61 bits per heavy atom. The van der Waals surface area contributed by atoms with E-state index in [-0.39, 0.29) is 5.91 Å². The van der Waals surface area contributed by atoms with E-state index in [0.717, 1.165) is 37.9 Å². The Morgan fingerprint density at radius 2 is 1.91 bits per heavy atom. The number of carbonyl (C=O) groups is 1. The molecule has 1 fully saturated rings. The van der Waals surface area contributed by atoms with Gasteiger partial charge in [-0.3, -0.25) is 9.69 Å². The first kappa shape index (κ1) is 16.4. The molecule has 0 unspecified atom stereocenters. The molecular formula is C17H29N5O. The number of hydrogen-bond acceptors (Lipinski definition) is 4. The van der Waals surface area contributed by atoms with Crippen molar-refractivity contribution in [3.8, 4) is 0 Å². The van der Waals surface area contributed by atoms with Crippen LogP contribution in [0.25, 0.3) is 0 Å². The van der Waals surface area contributed by atoms with Crippen LogP contribution in [0, 0.1) is 11.3 Å². The molecule has 0 bridgehead atoms. The van der Waals surface area contributed by atoms with Crippen molar-refractivity contribution in [1.29, 1.82) is 0 Å². The predicted molar refractivity (Wildman–Crippen MR) is 89.1 cm³/mol. The van der Waals surface area contributed by atoms with Crippen LogP contribution in [0.3, 0.4) is 0 Å². The second kappa shape index (κ2) is 6.23. The molecule has 1 amide bonds. The van der Waals surface area contributed by atoms with E-state index in [1.807, 2.05) is 11.6 Å². The summed E-state index contributed by atoms with van der Waals surface area (Å²) in [5, 5.41) is 8.36. The number of likely N-dealkylation sites (N-methyl/N-ethyl adjacent to an activating group) is 1. The summed E-state index contributed by atoms with van der Waals surface area (Å²) in [5.74, 6) is 2.17.